The van der Waals surface area contributed by atoms with Crippen molar-refractivity contribution in [3.05, 3.63) is 24.3 Å². The van der Waals surface area contributed by atoms with Crippen LogP contribution in [0, 0.1) is 0 Å². The molecule has 3 N–H and O–H groups in total. The molecule has 1 fully saturated rings. The van der Waals surface area contributed by atoms with Crippen molar-refractivity contribution in [3.8, 4) is 5.75 Å². The molecule has 1 aliphatic heterocycles. The Kier molecular flexibility index (Phi) is 5.31. The highest BCUT2D eigenvalue weighted by Crippen LogP contribution is 2.26. The van der Waals surface area contributed by atoms with Crippen molar-refractivity contribution in [1.82, 2.24) is 4.31 Å². The first-order valence-electron chi connectivity index (χ1n) is 6.96. The van der Waals surface area contributed by atoms with E-state index in [4.69, 9.17) is 10.5 Å². The van der Waals surface area contributed by atoms with Crippen molar-refractivity contribution >= 4 is 19.9 Å². The second-order valence-electron chi connectivity index (χ2n) is 5.29. The zero-order valence-electron chi connectivity index (χ0n) is 12.6. The van der Waals surface area contributed by atoms with Crippen LogP contribution in [0.5, 0.6) is 5.75 Å². The Bertz CT molecular complexity index is 745. The number of benzene rings is 1. The molecule has 0 spiro atoms. The number of aliphatic hydroxyl groups is 1. The number of hydrogen-bond donors (Lipinski definition) is 2. The van der Waals surface area contributed by atoms with Crippen LogP contribution in [-0.2, 0) is 19.9 Å². The summed E-state index contributed by atoms with van der Waals surface area (Å²) in [7, 11) is -6.00. The van der Waals surface area contributed by atoms with Gasteiger partial charge < -0.3 is 15.6 Å². The lowest BCUT2D eigenvalue weighted by molar-refractivity contribution is 0.129. The van der Waals surface area contributed by atoms with Gasteiger partial charge >= 0.3 is 0 Å². The number of ether oxygens (including phenoxy) is 1. The number of sulfonamides is 1. The average Bonchev–Trinajstić information content (AvgIpc) is 2.77. The standard InChI is InChI=1S/C13H20N2O6S2/c1-21-10-2-4-11(5-3-10)23(19,20)15(7-6-14)12-8-22(17,18)9-13(12)16/h2-5,12-13,16H,6-9,14H2,1H3/t12-,13+/m1/s1. The quantitative estimate of drug-likeness (QED) is 0.649. The lowest BCUT2D eigenvalue weighted by atomic mass is 10.2. The third-order valence-corrected chi connectivity index (χ3v) is 7.32. The Morgan fingerprint density at radius 1 is 1.30 bits per heavy atom. The molecule has 1 heterocycles. The van der Waals surface area contributed by atoms with E-state index in [2.05, 4.69) is 0 Å². The van der Waals surface area contributed by atoms with E-state index in [1.165, 1.54) is 31.4 Å². The maximum Gasteiger partial charge on any atom is 0.243 e. The van der Waals surface area contributed by atoms with E-state index < -0.39 is 43.5 Å². The van der Waals surface area contributed by atoms with E-state index in [0.717, 1.165) is 4.31 Å². The van der Waals surface area contributed by atoms with E-state index in [1.807, 2.05) is 0 Å². The molecule has 130 valence electrons. The van der Waals surface area contributed by atoms with Crippen LogP contribution < -0.4 is 10.5 Å². The molecular weight excluding hydrogens is 344 g/mol. The number of rotatable bonds is 6. The van der Waals surface area contributed by atoms with Crippen LogP contribution in [0.25, 0.3) is 0 Å². The second kappa shape index (κ2) is 6.73. The topological polar surface area (TPSA) is 127 Å². The van der Waals surface area contributed by atoms with E-state index >= 15 is 0 Å². The number of sulfone groups is 1. The monoisotopic (exact) mass is 364 g/mol. The third-order valence-electron chi connectivity index (χ3n) is 3.68. The van der Waals surface area contributed by atoms with Gasteiger partial charge in [0, 0.05) is 13.1 Å². The van der Waals surface area contributed by atoms with Gasteiger partial charge in [-0.3, -0.25) is 0 Å². The summed E-state index contributed by atoms with van der Waals surface area (Å²) >= 11 is 0. The van der Waals surface area contributed by atoms with Crippen molar-refractivity contribution in [1.29, 1.82) is 0 Å². The molecule has 1 aliphatic rings. The summed E-state index contributed by atoms with van der Waals surface area (Å²) in [5.74, 6) is -0.363. The largest absolute Gasteiger partial charge is 0.497 e. The SMILES string of the molecule is COc1ccc(S(=O)(=O)N(CCN)[C@@H]2CS(=O)(=O)C[C@@H]2O)cc1. The number of hydrogen-bond acceptors (Lipinski definition) is 7. The highest BCUT2D eigenvalue weighted by molar-refractivity contribution is 7.92. The summed E-state index contributed by atoms with van der Waals surface area (Å²) < 4.78 is 54.9. The molecule has 2 atom stereocenters. The van der Waals surface area contributed by atoms with E-state index in [-0.39, 0.29) is 18.0 Å². The van der Waals surface area contributed by atoms with Gasteiger partial charge in [-0.15, -0.1) is 0 Å². The summed E-state index contributed by atoms with van der Waals surface area (Å²) in [4.78, 5) is -0.0109. The number of aliphatic hydroxyl groups excluding tert-OH is 1. The molecule has 0 unspecified atom stereocenters. The molecule has 0 aromatic heterocycles. The van der Waals surface area contributed by atoms with Crippen LogP contribution in [0.3, 0.4) is 0 Å². The molecule has 0 saturated carbocycles. The maximum atomic E-state index is 12.8. The van der Waals surface area contributed by atoms with Crippen molar-refractivity contribution in [2.24, 2.45) is 5.73 Å². The Morgan fingerprint density at radius 2 is 1.91 bits per heavy atom. The van der Waals surface area contributed by atoms with Crippen molar-refractivity contribution < 1.29 is 26.7 Å². The molecule has 1 aromatic rings. The normalized spacial score (nSPS) is 24.0. The molecule has 2 rings (SSSR count). The van der Waals surface area contributed by atoms with Gasteiger partial charge in [0.1, 0.15) is 5.75 Å². The van der Waals surface area contributed by atoms with Crippen molar-refractivity contribution in [3.63, 3.8) is 0 Å². The first kappa shape index (κ1) is 18.1. The lowest BCUT2D eigenvalue weighted by Gasteiger charge is -2.28. The molecule has 8 nitrogen and oxygen atoms in total. The Hall–Kier alpha value is -1.20. The van der Waals surface area contributed by atoms with Crippen LogP contribution in [0.1, 0.15) is 0 Å². The van der Waals surface area contributed by atoms with Gasteiger partial charge in [0.05, 0.1) is 35.7 Å². The van der Waals surface area contributed by atoms with Gasteiger partial charge in [-0.1, -0.05) is 0 Å². The molecule has 0 bridgehead atoms. The minimum Gasteiger partial charge on any atom is -0.497 e. The molecule has 0 amide bonds. The van der Waals surface area contributed by atoms with Crippen LogP contribution in [0.2, 0.25) is 0 Å². The Labute approximate surface area is 135 Å². The lowest BCUT2D eigenvalue weighted by Crippen LogP contribution is -2.48. The summed E-state index contributed by atoms with van der Waals surface area (Å²) in [5.41, 5.74) is 5.47. The average molecular weight is 364 g/mol. The van der Waals surface area contributed by atoms with Gasteiger partial charge in [-0.2, -0.15) is 4.31 Å². The van der Waals surface area contributed by atoms with Gasteiger partial charge in [-0.05, 0) is 24.3 Å². The number of methoxy groups -OCH3 is 1. The molecule has 1 aromatic carbocycles. The zero-order chi connectivity index (χ0) is 17.3. The van der Waals surface area contributed by atoms with Crippen LogP contribution in [0.4, 0.5) is 0 Å². The number of nitrogens with two attached hydrogens (primary N) is 1. The molecule has 0 aliphatic carbocycles. The third kappa shape index (κ3) is 3.83. The van der Waals surface area contributed by atoms with Crippen LogP contribution >= 0.6 is 0 Å². The first-order valence-corrected chi connectivity index (χ1v) is 10.2. The van der Waals surface area contributed by atoms with Crippen molar-refractivity contribution in [2.45, 2.75) is 17.0 Å². The fourth-order valence-corrected chi connectivity index (χ4v) is 6.12. The fraction of sp³-hybridized carbons (Fsp3) is 0.538. The number of nitrogens with zero attached hydrogens (tertiary/aromatic N) is 1. The first-order chi connectivity index (χ1) is 10.7. The summed E-state index contributed by atoms with van der Waals surface area (Å²) in [6, 6.07) is 4.70. The molecular formula is C13H20N2O6S2. The van der Waals surface area contributed by atoms with E-state index in [9.17, 15) is 21.9 Å². The van der Waals surface area contributed by atoms with Crippen LogP contribution in [-0.4, -0.2) is 70.1 Å². The Morgan fingerprint density at radius 3 is 2.35 bits per heavy atom. The molecule has 0 radical (unpaired) electrons. The van der Waals surface area contributed by atoms with Crippen LogP contribution in [0.15, 0.2) is 29.2 Å². The highest BCUT2D eigenvalue weighted by Gasteiger charge is 2.44. The summed E-state index contributed by atoms with van der Waals surface area (Å²) in [6.07, 6.45) is -1.26. The highest BCUT2D eigenvalue weighted by atomic mass is 32.2. The molecule has 10 heteroatoms. The molecule has 23 heavy (non-hydrogen) atoms. The van der Waals surface area contributed by atoms with E-state index in [1.54, 1.807) is 0 Å². The van der Waals surface area contributed by atoms with E-state index in [0.29, 0.717) is 5.75 Å². The fourth-order valence-electron chi connectivity index (χ4n) is 2.56. The predicted molar refractivity (Wildman–Crippen MR) is 84.4 cm³/mol. The summed E-state index contributed by atoms with van der Waals surface area (Å²) in [6.45, 7) is -0.0652. The summed E-state index contributed by atoms with van der Waals surface area (Å²) in [5, 5.41) is 9.97. The van der Waals surface area contributed by atoms with Gasteiger partial charge in [0.25, 0.3) is 0 Å². The molecule has 1 saturated heterocycles. The smallest absolute Gasteiger partial charge is 0.243 e. The van der Waals surface area contributed by atoms with Crippen molar-refractivity contribution in [2.75, 3.05) is 31.7 Å². The zero-order valence-corrected chi connectivity index (χ0v) is 14.3. The Balaban J connectivity index is 2.39. The van der Waals surface area contributed by atoms with Gasteiger partial charge in [0.15, 0.2) is 9.84 Å². The van der Waals surface area contributed by atoms with Gasteiger partial charge in [0.2, 0.25) is 10.0 Å². The minimum absolute atomic E-state index is 0.0109. The maximum absolute atomic E-state index is 12.8. The second-order valence-corrected chi connectivity index (χ2v) is 9.34. The predicted octanol–water partition coefficient (Wildman–Crippen LogP) is -1.20. The minimum atomic E-state index is -3.98. The van der Waals surface area contributed by atoms with Gasteiger partial charge in [-0.25, -0.2) is 16.8 Å².